The van der Waals surface area contributed by atoms with Crippen LogP contribution in [0.15, 0.2) is 18.2 Å². The number of hydrogen-bond acceptors (Lipinski definition) is 3. The molecule has 0 bridgehead atoms. The lowest BCUT2D eigenvalue weighted by Crippen LogP contribution is -2.46. The average Bonchev–Trinajstić information content (AvgIpc) is 2.77. The summed E-state index contributed by atoms with van der Waals surface area (Å²) in [6, 6.07) is 5.61. The highest BCUT2D eigenvalue weighted by Crippen LogP contribution is 2.32. The van der Waals surface area contributed by atoms with Gasteiger partial charge in [-0.1, -0.05) is 6.07 Å². The smallest absolute Gasteiger partial charge is 0.261 e. The third kappa shape index (κ3) is 3.26. The van der Waals surface area contributed by atoms with Crippen LogP contribution < -0.4 is 10.6 Å². The van der Waals surface area contributed by atoms with Crippen molar-refractivity contribution in [1.29, 1.82) is 0 Å². The molecule has 2 heterocycles. The van der Waals surface area contributed by atoms with E-state index >= 15 is 0 Å². The number of rotatable bonds is 2. The summed E-state index contributed by atoms with van der Waals surface area (Å²) in [6.45, 7) is 4.87. The minimum absolute atomic E-state index is 0. The zero-order valence-corrected chi connectivity index (χ0v) is 14.2. The van der Waals surface area contributed by atoms with Crippen molar-refractivity contribution in [2.24, 2.45) is 0 Å². The van der Waals surface area contributed by atoms with E-state index in [2.05, 4.69) is 17.6 Å². The highest BCUT2D eigenvalue weighted by Gasteiger charge is 2.23. The van der Waals surface area contributed by atoms with E-state index in [-0.39, 0.29) is 30.2 Å². The second-order valence-electron chi connectivity index (χ2n) is 5.72. The van der Waals surface area contributed by atoms with Crippen LogP contribution >= 0.6 is 23.7 Å². The SMILES string of the molecule is Cc1c(C(=O)NC2CCNC(C)C2)sc2cccc(F)c12.Cl. The van der Waals surface area contributed by atoms with E-state index < -0.39 is 0 Å². The molecule has 120 valence electrons. The first-order chi connectivity index (χ1) is 10.1. The van der Waals surface area contributed by atoms with Crippen LogP contribution in [0.4, 0.5) is 4.39 Å². The Bertz CT molecular complexity index is 688. The fourth-order valence-corrected chi connectivity index (χ4v) is 4.11. The van der Waals surface area contributed by atoms with Gasteiger partial charge in [0.05, 0.1) is 4.88 Å². The zero-order chi connectivity index (χ0) is 15.0. The number of halogens is 2. The molecule has 2 aromatic rings. The second-order valence-corrected chi connectivity index (χ2v) is 6.77. The van der Waals surface area contributed by atoms with Crippen LogP contribution in [0, 0.1) is 12.7 Å². The number of piperidine rings is 1. The van der Waals surface area contributed by atoms with Gasteiger partial charge in [-0.05, 0) is 50.9 Å². The van der Waals surface area contributed by atoms with E-state index in [0.29, 0.717) is 16.3 Å². The van der Waals surface area contributed by atoms with Crippen LogP contribution in [-0.4, -0.2) is 24.5 Å². The molecule has 1 aromatic heterocycles. The molecule has 22 heavy (non-hydrogen) atoms. The first-order valence-electron chi connectivity index (χ1n) is 7.28. The molecule has 6 heteroatoms. The van der Waals surface area contributed by atoms with E-state index in [0.717, 1.165) is 29.6 Å². The molecular weight excluding hydrogens is 323 g/mol. The fraction of sp³-hybridized carbons (Fsp3) is 0.438. The molecule has 1 saturated heterocycles. The summed E-state index contributed by atoms with van der Waals surface area (Å²) in [5.41, 5.74) is 0.743. The van der Waals surface area contributed by atoms with Gasteiger partial charge < -0.3 is 10.6 Å². The van der Waals surface area contributed by atoms with E-state index in [1.165, 1.54) is 17.4 Å². The van der Waals surface area contributed by atoms with Gasteiger partial charge in [0.2, 0.25) is 0 Å². The van der Waals surface area contributed by atoms with E-state index in [1.807, 2.05) is 13.0 Å². The summed E-state index contributed by atoms with van der Waals surface area (Å²) in [5.74, 6) is -0.331. The van der Waals surface area contributed by atoms with Crippen molar-refractivity contribution < 1.29 is 9.18 Å². The maximum atomic E-state index is 13.9. The molecule has 3 nitrogen and oxygen atoms in total. The van der Waals surface area contributed by atoms with Crippen molar-refractivity contribution in [2.45, 2.75) is 38.8 Å². The molecule has 3 rings (SSSR count). The number of carbonyl (C=O) groups excluding carboxylic acids is 1. The largest absolute Gasteiger partial charge is 0.348 e. The summed E-state index contributed by atoms with van der Waals surface area (Å²) in [6.07, 6.45) is 1.87. The quantitative estimate of drug-likeness (QED) is 0.874. The molecule has 1 fully saturated rings. The number of carbonyl (C=O) groups is 1. The summed E-state index contributed by atoms with van der Waals surface area (Å²) in [5, 5.41) is 7.04. The topological polar surface area (TPSA) is 41.1 Å². The van der Waals surface area contributed by atoms with E-state index in [4.69, 9.17) is 0 Å². The minimum atomic E-state index is -0.254. The molecular formula is C16H20ClFN2OS. The van der Waals surface area contributed by atoms with Gasteiger partial charge in [-0.25, -0.2) is 4.39 Å². The first-order valence-corrected chi connectivity index (χ1v) is 8.09. The molecule has 0 spiro atoms. The number of nitrogens with one attached hydrogen (secondary N) is 2. The van der Waals surface area contributed by atoms with E-state index in [1.54, 1.807) is 6.07 Å². The average molecular weight is 343 g/mol. The van der Waals surface area contributed by atoms with Gasteiger partial charge >= 0.3 is 0 Å². The Balaban J connectivity index is 0.00000176. The Morgan fingerprint density at radius 1 is 1.45 bits per heavy atom. The Morgan fingerprint density at radius 2 is 2.23 bits per heavy atom. The van der Waals surface area contributed by atoms with Crippen LogP contribution in [0.3, 0.4) is 0 Å². The highest BCUT2D eigenvalue weighted by atomic mass is 35.5. The molecule has 0 aliphatic carbocycles. The standard InChI is InChI=1S/C16H19FN2OS.ClH/c1-9-8-11(6-7-18-9)19-16(20)15-10(2)14-12(17)4-3-5-13(14)21-15;/h3-5,9,11,18H,6-8H2,1-2H3,(H,19,20);1H. The summed E-state index contributed by atoms with van der Waals surface area (Å²) in [7, 11) is 0. The van der Waals surface area contributed by atoms with Crippen molar-refractivity contribution in [3.05, 3.63) is 34.5 Å². The number of amides is 1. The second kappa shape index (κ2) is 6.94. The lowest BCUT2D eigenvalue weighted by molar-refractivity contribution is 0.0929. The number of fused-ring (bicyclic) bond motifs is 1. The lowest BCUT2D eigenvalue weighted by atomic mass is 10.0. The van der Waals surface area contributed by atoms with Gasteiger partial charge in [0.15, 0.2) is 0 Å². The first kappa shape index (κ1) is 17.2. The van der Waals surface area contributed by atoms with Crippen LogP contribution in [0.25, 0.3) is 10.1 Å². The molecule has 1 aromatic carbocycles. The zero-order valence-electron chi connectivity index (χ0n) is 12.6. The van der Waals surface area contributed by atoms with Gasteiger partial charge in [-0.2, -0.15) is 0 Å². The Kier molecular flexibility index (Phi) is 5.42. The van der Waals surface area contributed by atoms with Crippen molar-refractivity contribution in [2.75, 3.05) is 6.54 Å². The molecule has 1 aliphatic heterocycles. The molecule has 1 aliphatic rings. The Hall–Kier alpha value is -1.17. The lowest BCUT2D eigenvalue weighted by Gasteiger charge is -2.28. The summed E-state index contributed by atoms with van der Waals surface area (Å²) in [4.78, 5) is 13.1. The van der Waals surface area contributed by atoms with Crippen molar-refractivity contribution in [3.8, 4) is 0 Å². The third-order valence-corrected chi connectivity index (χ3v) is 5.32. The Labute approximate surface area is 139 Å². The number of aryl methyl sites for hydroxylation is 1. The predicted octanol–water partition coefficient (Wildman–Crippen LogP) is 3.64. The summed E-state index contributed by atoms with van der Waals surface area (Å²) >= 11 is 1.37. The van der Waals surface area contributed by atoms with Crippen molar-refractivity contribution in [3.63, 3.8) is 0 Å². The molecule has 0 saturated carbocycles. The monoisotopic (exact) mass is 342 g/mol. The minimum Gasteiger partial charge on any atom is -0.348 e. The van der Waals surface area contributed by atoms with Crippen LogP contribution in [0.1, 0.15) is 35.0 Å². The molecule has 0 radical (unpaired) electrons. The number of benzene rings is 1. The van der Waals surface area contributed by atoms with Crippen molar-refractivity contribution in [1.82, 2.24) is 10.6 Å². The Morgan fingerprint density at radius 3 is 2.91 bits per heavy atom. The number of hydrogen-bond donors (Lipinski definition) is 2. The van der Waals surface area contributed by atoms with Gasteiger partial charge in [-0.15, -0.1) is 23.7 Å². The molecule has 2 atom stereocenters. The maximum absolute atomic E-state index is 13.9. The normalized spacial score (nSPS) is 21.4. The van der Waals surface area contributed by atoms with Gasteiger partial charge in [0.25, 0.3) is 5.91 Å². The third-order valence-electron chi connectivity index (χ3n) is 4.07. The molecule has 2 N–H and O–H groups in total. The van der Waals surface area contributed by atoms with Gasteiger partial charge in [0, 0.05) is 22.2 Å². The van der Waals surface area contributed by atoms with Crippen LogP contribution in [0.2, 0.25) is 0 Å². The maximum Gasteiger partial charge on any atom is 0.261 e. The van der Waals surface area contributed by atoms with E-state index in [9.17, 15) is 9.18 Å². The highest BCUT2D eigenvalue weighted by molar-refractivity contribution is 7.21. The predicted molar refractivity (Wildman–Crippen MR) is 91.7 cm³/mol. The van der Waals surface area contributed by atoms with Crippen molar-refractivity contribution >= 4 is 39.7 Å². The van der Waals surface area contributed by atoms with Gasteiger partial charge in [0.1, 0.15) is 5.82 Å². The molecule has 1 amide bonds. The van der Waals surface area contributed by atoms with Crippen LogP contribution in [-0.2, 0) is 0 Å². The fourth-order valence-electron chi connectivity index (χ4n) is 2.98. The van der Waals surface area contributed by atoms with Gasteiger partial charge in [-0.3, -0.25) is 4.79 Å². The summed E-state index contributed by atoms with van der Waals surface area (Å²) < 4.78 is 14.7. The number of thiophene rings is 1. The molecule has 2 unspecified atom stereocenters. The van der Waals surface area contributed by atoms with Crippen LogP contribution in [0.5, 0.6) is 0 Å².